The van der Waals surface area contributed by atoms with Crippen LogP contribution in [0.2, 0.25) is 5.02 Å². The van der Waals surface area contributed by atoms with E-state index in [9.17, 15) is 18.0 Å². The summed E-state index contributed by atoms with van der Waals surface area (Å²) in [5, 5.41) is 10.5. The van der Waals surface area contributed by atoms with Crippen LogP contribution >= 0.6 is 11.6 Å². The van der Waals surface area contributed by atoms with Gasteiger partial charge in [0.15, 0.2) is 0 Å². The highest BCUT2D eigenvalue weighted by atomic mass is 35.5. The van der Waals surface area contributed by atoms with E-state index in [0.717, 1.165) is 6.07 Å². The molecular formula is C10H6ClF3N2O. The van der Waals surface area contributed by atoms with Crippen molar-refractivity contribution >= 4 is 23.2 Å². The van der Waals surface area contributed by atoms with Crippen LogP contribution in [0.5, 0.6) is 0 Å². The molecular weight excluding hydrogens is 257 g/mol. The van der Waals surface area contributed by atoms with Gasteiger partial charge in [-0.2, -0.15) is 18.4 Å². The second kappa shape index (κ2) is 4.63. The monoisotopic (exact) mass is 262 g/mol. The number of anilines is 1. The van der Waals surface area contributed by atoms with E-state index in [-0.39, 0.29) is 5.69 Å². The molecule has 1 N–H and O–H groups in total. The number of nitriles is 1. The Kier molecular flexibility index (Phi) is 3.63. The van der Waals surface area contributed by atoms with Crippen LogP contribution in [0.1, 0.15) is 18.1 Å². The molecule has 0 heterocycles. The number of carbonyl (C=O) groups is 1. The van der Waals surface area contributed by atoms with E-state index in [4.69, 9.17) is 16.9 Å². The molecule has 1 rings (SSSR count). The molecule has 1 aromatic rings. The summed E-state index contributed by atoms with van der Waals surface area (Å²) in [6.45, 7) is 1.18. The van der Waals surface area contributed by atoms with Crippen molar-refractivity contribution in [1.29, 1.82) is 5.26 Å². The Morgan fingerprint density at radius 3 is 2.47 bits per heavy atom. The SMILES string of the molecule is CC(=O)Nc1ccc(C(F)(F)F)c(C#N)c1Cl. The van der Waals surface area contributed by atoms with Crippen LogP contribution in [0.3, 0.4) is 0 Å². The van der Waals surface area contributed by atoms with Crippen molar-refractivity contribution in [3.63, 3.8) is 0 Å². The molecule has 0 aliphatic heterocycles. The predicted octanol–water partition coefficient (Wildman–Crippen LogP) is 3.19. The molecule has 0 fully saturated rings. The van der Waals surface area contributed by atoms with Crippen molar-refractivity contribution < 1.29 is 18.0 Å². The van der Waals surface area contributed by atoms with E-state index in [0.29, 0.717) is 6.07 Å². The number of carbonyl (C=O) groups excluding carboxylic acids is 1. The number of halogens is 4. The number of hydrogen-bond acceptors (Lipinski definition) is 2. The van der Waals surface area contributed by atoms with E-state index in [1.807, 2.05) is 0 Å². The Bertz CT molecular complexity index is 505. The summed E-state index contributed by atoms with van der Waals surface area (Å²) in [6, 6.07) is 3.09. The highest BCUT2D eigenvalue weighted by Gasteiger charge is 2.35. The number of nitrogens with one attached hydrogen (secondary N) is 1. The van der Waals surface area contributed by atoms with Gasteiger partial charge in [-0.25, -0.2) is 0 Å². The lowest BCUT2D eigenvalue weighted by Gasteiger charge is -2.12. The minimum absolute atomic E-state index is 0.0243. The molecule has 0 aliphatic rings. The predicted molar refractivity (Wildman–Crippen MR) is 55.5 cm³/mol. The Balaban J connectivity index is 3.39. The summed E-state index contributed by atoms with van der Waals surface area (Å²) in [6.07, 6.45) is -4.66. The number of hydrogen-bond donors (Lipinski definition) is 1. The van der Waals surface area contributed by atoms with Crippen LogP contribution in [0, 0.1) is 11.3 Å². The fourth-order valence-electron chi connectivity index (χ4n) is 1.21. The minimum atomic E-state index is -4.66. The van der Waals surface area contributed by atoms with Crippen LogP contribution in [0.25, 0.3) is 0 Å². The van der Waals surface area contributed by atoms with Crippen molar-refractivity contribution in [3.8, 4) is 6.07 Å². The number of benzene rings is 1. The molecule has 17 heavy (non-hydrogen) atoms. The van der Waals surface area contributed by atoms with Crippen LogP contribution in [0.15, 0.2) is 12.1 Å². The Hall–Kier alpha value is -1.74. The number of alkyl halides is 3. The Morgan fingerprint density at radius 2 is 2.06 bits per heavy atom. The first-order valence-electron chi connectivity index (χ1n) is 4.34. The molecule has 0 atom stereocenters. The van der Waals surface area contributed by atoms with E-state index in [1.54, 1.807) is 0 Å². The molecule has 0 saturated carbocycles. The largest absolute Gasteiger partial charge is 0.417 e. The highest BCUT2D eigenvalue weighted by molar-refractivity contribution is 6.35. The fraction of sp³-hybridized carbons (Fsp3) is 0.200. The zero-order chi connectivity index (χ0) is 13.2. The summed E-state index contributed by atoms with van der Waals surface area (Å²) in [5.41, 5.74) is -1.85. The molecule has 0 spiro atoms. The van der Waals surface area contributed by atoms with Crippen molar-refractivity contribution in [2.75, 3.05) is 5.32 Å². The lowest BCUT2D eigenvalue weighted by molar-refractivity contribution is -0.137. The average molecular weight is 263 g/mol. The van der Waals surface area contributed by atoms with Gasteiger partial charge in [-0.3, -0.25) is 4.79 Å². The first-order chi connectivity index (χ1) is 7.77. The number of amides is 1. The van der Waals surface area contributed by atoms with Gasteiger partial charge in [-0.15, -0.1) is 0 Å². The lowest BCUT2D eigenvalue weighted by Crippen LogP contribution is -2.11. The topological polar surface area (TPSA) is 52.9 Å². The first kappa shape index (κ1) is 13.3. The summed E-state index contributed by atoms with van der Waals surface area (Å²) < 4.78 is 37.5. The number of rotatable bonds is 1. The number of nitrogens with zero attached hydrogens (tertiary/aromatic N) is 1. The van der Waals surface area contributed by atoms with E-state index < -0.39 is 28.2 Å². The Labute approximate surface area is 99.8 Å². The van der Waals surface area contributed by atoms with Crippen LogP contribution in [0.4, 0.5) is 18.9 Å². The van der Waals surface area contributed by atoms with E-state index in [2.05, 4.69) is 5.32 Å². The van der Waals surface area contributed by atoms with E-state index in [1.165, 1.54) is 13.0 Å². The molecule has 7 heteroatoms. The molecule has 0 bridgehead atoms. The molecule has 90 valence electrons. The second-order valence-electron chi connectivity index (χ2n) is 3.14. The van der Waals surface area contributed by atoms with Crippen molar-refractivity contribution in [3.05, 3.63) is 28.3 Å². The summed E-state index contributed by atoms with van der Waals surface area (Å²) in [4.78, 5) is 10.8. The molecule has 0 radical (unpaired) electrons. The molecule has 3 nitrogen and oxygen atoms in total. The van der Waals surface area contributed by atoms with E-state index >= 15 is 0 Å². The molecule has 1 amide bonds. The lowest BCUT2D eigenvalue weighted by atomic mass is 10.1. The highest BCUT2D eigenvalue weighted by Crippen LogP contribution is 2.37. The Morgan fingerprint density at radius 1 is 1.47 bits per heavy atom. The van der Waals surface area contributed by atoms with Gasteiger partial charge in [0, 0.05) is 6.92 Å². The van der Waals surface area contributed by atoms with Gasteiger partial charge in [-0.1, -0.05) is 11.6 Å². The average Bonchev–Trinajstić information content (AvgIpc) is 2.18. The normalized spacial score (nSPS) is 10.8. The molecule has 0 aliphatic carbocycles. The smallest absolute Gasteiger partial charge is 0.325 e. The maximum absolute atomic E-state index is 12.5. The second-order valence-corrected chi connectivity index (χ2v) is 3.52. The summed E-state index contributed by atoms with van der Waals surface area (Å²) in [5.74, 6) is -0.490. The molecule has 0 saturated heterocycles. The van der Waals surface area contributed by atoms with Gasteiger partial charge in [0.2, 0.25) is 5.91 Å². The van der Waals surface area contributed by atoms with Crippen LogP contribution in [-0.2, 0) is 11.0 Å². The summed E-state index contributed by atoms with van der Waals surface area (Å²) >= 11 is 5.63. The van der Waals surface area contributed by atoms with Gasteiger partial charge < -0.3 is 5.32 Å². The maximum atomic E-state index is 12.5. The molecule has 0 unspecified atom stereocenters. The van der Waals surface area contributed by atoms with Gasteiger partial charge in [0.05, 0.1) is 21.8 Å². The van der Waals surface area contributed by atoms with Crippen molar-refractivity contribution in [2.24, 2.45) is 0 Å². The van der Waals surface area contributed by atoms with Gasteiger partial charge in [-0.05, 0) is 12.1 Å². The minimum Gasteiger partial charge on any atom is -0.325 e. The van der Waals surface area contributed by atoms with Crippen molar-refractivity contribution in [2.45, 2.75) is 13.1 Å². The summed E-state index contributed by atoms with van der Waals surface area (Å²) in [7, 11) is 0. The van der Waals surface area contributed by atoms with Gasteiger partial charge in [0.1, 0.15) is 6.07 Å². The van der Waals surface area contributed by atoms with Gasteiger partial charge in [0.25, 0.3) is 0 Å². The zero-order valence-corrected chi connectivity index (χ0v) is 9.28. The third-order valence-corrected chi connectivity index (χ3v) is 2.26. The third kappa shape index (κ3) is 2.88. The standard InChI is InChI=1S/C10H6ClF3N2O/c1-5(17)16-8-3-2-7(10(12,13)14)6(4-15)9(8)11/h2-3H,1H3,(H,16,17). The van der Waals surface area contributed by atoms with Crippen LogP contribution in [-0.4, -0.2) is 5.91 Å². The quantitative estimate of drug-likeness (QED) is 0.845. The van der Waals surface area contributed by atoms with Crippen LogP contribution < -0.4 is 5.32 Å². The zero-order valence-electron chi connectivity index (χ0n) is 8.52. The maximum Gasteiger partial charge on any atom is 0.417 e. The molecule has 1 aromatic carbocycles. The molecule has 0 aromatic heterocycles. The van der Waals surface area contributed by atoms with Crippen molar-refractivity contribution in [1.82, 2.24) is 0 Å². The third-order valence-electron chi connectivity index (χ3n) is 1.87. The van der Waals surface area contributed by atoms with Gasteiger partial charge >= 0.3 is 6.18 Å². The first-order valence-corrected chi connectivity index (χ1v) is 4.72. The fourth-order valence-corrected chi connectivity index (χ4v) is 1.46.